The molecule has 1 aromatic heterocycles. The molecule has 0 atom stereocenters. The maximum Gasteiger partial charge on any atom is 0.307 e. The van der Waals surface area contributed by atoms with E-state index in [0.717, 1.165) is 0 Å². The van der Waals surface area contributed by atoms with E-state index in [1.54, 1.807) is 18.9 Å². The van der Waals surface area contributed by atoms with Gasteiger partial charge in [0.15, 0.2) is 11.6 Å². The number of halogens is 1. The lowest BCUT2D eigenvalue weighted by atomic mass is 10.3. The predicted molar refractivity (Wildman–Crippen MR) is 58.7 cm³/mol. The summed E-state index contributed by atoms with van der Waals surface area (Å²) in [6, 6.07) is 2.86. The topological polar surface area (TPSA) is 42.4 Å². The third-order valence-electron chi connectivity index (χ3n) is 2.06. The van der Waals surface area contributed by atoms with E-state index in [4.69, 9.17) is 4.74 Å². The normalized spacial score (nSPS) is 9.94. The summed E-state index contributed by atoms with van der Waals surface area (Å²) in [5.74, 6) is -0.439. The Labute approximate surface area is 94.0 Å². The zero-order chi connectivity index (χ0) is 12.0. The summed E-state index contributed by atoms with van der Waals surface area (Å²) >= 11 is 0. The van der Waals surface area contributed by atoms with Gasteiger partial charge in [-0.05, 0) is 19.1 Å². The molecule has 0 aliphatic rings. The van der Waals surface area contributed by atoms with E-state index in [0.29, 0.717) is 13.2 Å². The van der Waals surface area contributed by atoms with Crippen molar-refractivity contribution in [3.05, 3.63) is 24.1 Å². The molecule has 1 heterocycles. The fourth-order valence-electron chi connectivity index (χ4n) is 1.26. The lowest BCUT2D eigenvalue weighted by Crippen LogP contribution is -2.23. The Balaban J connectivity index is 2.50. The Morgan fingerprint density at radius 1 is 1.62 bits per heavy atom. The number of hydrogen-bond acceptors (Lipinski definition) is 4. The Hall–Kier alpha value is -1.65. The Morgan fingerprint density at radius 2 is 2.38 bits per heavy atom. The van der Waals surface area contributed by atoms with Crippen LogP contribution in [0.3, 0.4) is 0 Å². The van der Waals surface area contributed by atoms with Crippen LogP contribution in [-0.2, 0) is 9.53 Å². The molecule has 0 fully saturated rings. The number of esters is 1. The monoisotopic (exact) mass is 226 g/mol. The fourth-order valence-corrected chi connectivity index (χ4v) is 1.26. The van der Waals surface area contributed by atoms with Crippen LogP contribution in [0.25, 0.3) is 0 Å². The van der Waals surface area contributed by atoms with Crippen LogP contribution in [-0.4, -0.2) is 31.2 Å². The molecule has 0 saturated carbocycles. The Bertz CT molecular complexity index is 358. The smallest absolute Gasteiger partial charge is 0.307 e. The Kier molecular flexibility index (Phi) is 4.69. The minimum atomic E-state index is -0.395. The number of aromatic nitrogens is 1. The molecule has 5 heteroatoms. The first kappa shape index (κ1) is 12.4. The van der Waals surface area contributed by atoms with Crippen LogP contribution >= 0.6 is 0 Å². The molecule has 0 N–H and O–H groups in total. The minimum Gasteiger partial charge on any atom is -0.466 e. The van der Waals surface area contributed by atoms with E-state index in [2.05, 4.69) is 4.98 Å². The summed E-state index contributed by atoms with van der Waals surface area (Å²) in [5, 5.41) is 0. The average molecular weight is 226 g/mol. The molecule has 0 radical (unpaired) electrons. The van der Waals surface area contributed by atoms with Gasteiger partial charge in [-0.3, -0.25) is 4.79 Å². The largest absolute Gasteiger partial charge is 0.466 e. The molecular weight excluding hydrogens is 211 g/mol. The van der Waals surface area contributed by atoms with Crippen molar-refractivity contribution in [2.45, 2.75) is 13.3 Å². The number of rotatable bonds is 5. The summed E-state index contributed by atoms with van der Waals surface area (Å²) in [4.78, 5) is 16.6. The molecule has 0 aliphatic heterocycles. The van der Waals surface area contributed by atoms with Crippen molar-refractivity contribution in [3.8, 4) is 0 Å². The molecule has 16 heavy (non-hydrogen) atoms. The highest BCUT2D eigenvalue weighted by molar-refractivity contribution is 5.70. The van der Waals surface area contributed by atoms with Gasteiger partial charge in [-0.25, -0.2) is 9.37 Å². The minimum absolute atomic E-state index is 0.223. The van der Waals surface area contributed by atoms with Gasteiger partial charge in [0.2, 0.25) is 0 Å². The van der Waals surface area contributed by atoms with Gasteiger partial charge < -0.3 is 9.64 Å². The predicted octanol–water partition coefficient (Wildman–Crippen LogP) is 1.61. The van der Waals surface area contributed by atoms with Gasteiger partial charge in [-0.2, -0.15) is 0 Å². The van der Waals surface area contributed by atoms with Crippen molar-refractivity contribution in [2.24, 2.45) is 0 Å². The van der Waals surface area contributed by atoms with Gasteiger partial charge in [0.1, 0.15) is 0 Å². The first-order valence-electron chi connectivity index (χ1n) is 5.12. The van der Waals surface area contributed by atoms with Crippen LogP contribution in [0.5, 0.6) is 0 Å². The maximum atomic E-state index is 13.3. The van der Waals surface area contributed by atoms with E-state index >= 15 is 0 Å². The molecule has 0 bridgehead atoms. The summed E-state index contributed by atoms with van der Waals surface area (Å²) in [6.45, 7) is 2.49. The number of hydrogen-bond donors (Lipinski definition) is 0. The first-order valence-corrected chi connectivity index (χ1v) is 5.12. The van der Waals surface area contributed by atoms with Crippen LogP contribution < -0.4 is 4.90 Å². The van der Waals surface area contributed by atoms with Gasteiger partial charge in [-0.1, -0.05) is 0 Å². The molecule has 0 aromatic carbocycles. The summed E-state index contributed by atoms with van der Waals surface area (Å²) in [5.41, 5.74) is 0. The number of ether oxygens (including phenoxy) is 1. The van der Waals surface area contributed by atoms with E-state index in [-0.39, 0.29) is 18.2 Å². The van der Waals surface area contributed by atoms with E-state index in [1.165, 1.54) is 18.3 Å². The highest BCUT2D eigenvalue weighted by atomic mass is 19.1. The molecule has 0 unspecified atom stereocenters. The van der Waals surface area contributed by atoms with Crippen molar-refractivity contribution in [2.75, 3.05) is 25.1 Å². The van der Waals surface area contributed by atoms with Crippen molar-refractivity contribution < 1.29 is 13.9 Å². The molecule has 0 amide bonds. The quantitative estimate of drug-likeness (QED) is 0.715. The molecule has 0 saturated heterocycles. The van der Waals surface area contributed by atoms with Gasteiger partial charge in [0.25, 0.3) is 0 Å². The van der Waals surface area contributed by atoms with Crippen molar-refractivity contribution in [1.82, 2.24) is 4.98 Å². The van der Waals surface area contributed by atoms with E-state index < -0.39 is 5.82 Å². The molecule has 1 rings (SSSR count). The lowest BCUT2D eigenvalue weighted by molar-refractivity contribution is -0.142. The third kappa shape index (κ3) is 3.49. The average Bonchev–Trinajstić information content (AvgIpc) is 2.27. The molecule has 1 aromatic rings. The van der Waals surface area contributed by atoms with E-state index in [1.807, 2.05) is 0 Å². The zero-order valence-electron chi connectivity index (χ0n) is 9.44. The van der Waals surface area contributed by atoms with Crippen molar-refractivity contribution in [1.29, 1.82) is 0 Å². The number of carbonyl (C=O) groups excluding carboxylic acids is 1. The first-order chi connectivity index (χ1) is 7.65. The van der Waals surface area contributed by atoms with Crippen LogP contribution in [0.1, 0.15) is 13.3 Å². The number of anilines is 1. The zero-order valence-corrected chi connectivity index (χ0v) is 9.44. The van der Waals surface area contributed by atoms with Gasteiger partial charge >= 0.3 is 5.97 Å². The van der Waals surface area contributed by atoms with Gasteiger partial charge in [0, 0.05) is 19.8 Å². The number of nitrogens with zero attached hydrogens (tertiary/aromatic N) is 2. The third-order valence-corrected chi connectivity index (χ3v) is 2.06. The Morgan fingerprint density at radius 3 is 3.00 bits per heavy atom. The van der Waals surface area contributed by atoms with Gasteiger partial charge in [0.05, 0.1) is 13.0 Å². The van der Waals surface area contributed by atoms with Crippen LogP contribution in [0, 0.1) is 5.82 Å². The highest BCUT2D eigenvalue weighted by Crippen LogP contribution is 2.13. The molecule has 0 spiro atoms. The standard InChI is InChI=1S/C11H15FN2O2/c1-3-16-10(15)6-8-14(2)11-9(12)5-4-7-13-11/h4-5,7H,3,6,8H2,1-2H3. The number of carbonyl (C=O) groups is 1. The van der Waals surface area contributed by atoms with Crippen LogP contribution in [0.2, 0.25) is 0 Å². The van der Waals surface area contributed by atoms with Crippen LogP contribution in [0.4, 0.5) is 10.2 Å². The van der Waals surface area contributed by atoms with Gasteiger partial charge in [-0.15, -0.1) is 0 Å². The SMILES string of the molecule is CCOC(=O)CCN(C)c1ncccc1F. The lowest BCUT2D eigenvalue weighted by Gasteiger charge is -2.17. The highest BCUT2D eigenvalue weighted by Gasteiger charge is 2.10. The van der Waals surface area contributed by atoms with Crippen LogP contribution in [0.15, 0.2) is 18.3 Å². The van der Waals surface area contributed by atoms with E-state index in [9.17, 15) is 9.18 Å². The maximum absolute atomic E-state index is 13.3. The summed E-state index contributed by atoms with van der Waals surface area (Å²) in [6.07, 6.45) is 1.74. The second-order valence-corrected chi connectivity index (χ2v) is 3.29. The van der Waals surface area contributed by atoms with Crippen molar-refractivity contribution in [3.63, 3.8) is 0 Å². The summed E-state index contributed by atoms with van der Waals surface area (Å²) < 4.78 is 18.1. The number of pyridine rings is 1. The fraction of sp³-hybridized carbons (Fsp3) is 0.455. The second-order valence-electron chi connectivity index (χ2n) is 3.29. The second kappa shape index (κ2) is 6.05. The molecule has 88 valence electrons. The summed E-state index contributed by atoms with van der Waals surface area (Å²) in [7, 11) is 1.69. The molecule has 0 aliphatic carbocycles. The van der Waals surface area contributed by atoms with Crippen molar-refractivity contribution >= 4 is 11.8 Å². The molecule has 4 nitrogen and oxygen atoms in total. The molecular formula is C11H15FN2O2.